The molecule has 0 N–H and O–H groups in total. The summed E-state index contributed by atoms with van der Waals surface area (Å²) in [6.45, 7) is 1.07. The van der Waals surface area contributed by atoms with Gasteiger partial charge in [0.15, 0.2) is 5.16 Å². The third-order valence-corrected chi connectivity index (χ3v) is 7.17. The fourth-order valence-electron chi connectivity index (χ4n) is 4.39. The number of hydrogen-bond donors (Lipinski definition) is 0. The van der Waals surface area contributed by atoms with Crippen LogP contribution in [0.4, 0.5) is 0 Å². The number of hydrogen-bond acceptors (Lipinski definition) is 4. The maximum Gasteiger partial charge on any atom is 0.253 e. The molecule has 0 saturated carbocycles. The summed E-state index contributed by atoms with van der Waals surface area (Å²) < 4.78 is 14.8. The lowest BCUT2D eigenvalue weighted by molar-refractivity contribution is -0.0818. The van der Waals surface area contributed by atoms with E-state index in [1.165, 1.54) is 11.8 Å². The lowest BCUT2D eigenvalue weighted by Crippen LogP contribution is -2.23. The van der Waals surface area contributed by atoms with Gasteiger partial charge in [-0.15, -0.1) is 0 Å². The average molecular weight is 477 g/mol. The largest absolute Gasteiger partial charge is 0.335 e. The first-order chi connectivity index (χ1) is 17.3. The van der Waals surface area contributed by atoms with E-state index in [2.05, 4.69) is 65.2 Å². The van der Waals surface area contributed by atoms with Crippen LogP contribution in [0.15, 0.2) is 126 Å². The van der Waals surface area contributed by atoms with Crippen LogP contribution in [-0.2, 0) is 14.6 Å². The minimum absolute atomic E-state index is 0.533. The highest BCUT2D eigenvalue weighted by atomic mass is 32.2. The summed E-state index contributed by atoms with van der Waals surface area (Å²) in [7, 11) is 0. The summed E-state index contributed by atoms with van der Waals surface area (Å²) in [6, 6.07) is 41.2. The second-order valence-corrected chi connectivity index (χ2v) is 9.32. The topological polar surface area (TPSA) is 36.3 Å². The van der Waals surface area contributed by atoms with Gasteiger partial charge < -0.3 is 9.47 Å². The van der Waals surface area contributed by atoms with Crippen LogP contribution >= 0.6 is 11.8 Å². The summed E-state index contributed by atoms with van der Waals surface area (Å²) in [5.74, 6) is 0. The Labute approximate surface area is 209 Å². The fraction of sp³-hybridized carbons (Fsp3) is 0.100. The molecule has 35 heavy (non-hydrogen) atoms. The van der Waals surface area contributed by atoms with E-state index in [9.17, 15) is 0 Å². The molecule has 1 saturated heterocycles. The van der Waals surface area contributed by atoms with Crippen LogP contribution in [0.25, 0.3) is 28.2 Å². The third-order valence-electron chi connectivity index (χ3n) is 5.98. The normalized spacial score (nSPS) is 14.7. The minimum Gasteiger partial charge on any atom is -0.335 e. The van der Waals surface area contributed by atoms with Crippen molar-refractivity contribution in [2.45, 2.75) is 10.3 Å². The van der Waals surface area contributed by atoms with E-state index in [-0.39, 0.29) is 0 Å². The maximum atomic E-state index is 6.27. The number of nitrogens with zero attached hydrogens (tertiary/aromatic N) is 2. The van der Waals surface area contributed by atoms with E-state index in [1.54, 1.807) is 0 Å². The first kappa shape index (κ1) is 21.9. The molecule has 0 atom stereocenters. The summed E-state index contributed by atoms with van der Waals surface area (Å²) in [5, 5.41) is -0.152. The molecule has 0 bridgehead atoms. The predicted molar refractivity (Wildman–Crippen MR) is 140 cm³/mol. The standard InChI is InChI=1S/C30H24N2O2S/c1-5-13-23(14-6-1)27-28(24-15-7-2-8-16-24)32(26-19-11-4-12-20-26)29(31-27)35-30(33-21-22-34-30)25-17-9-3-10-18-25/h1-20H,21-22H2. The molecule has 0 aliphatic carbocycles. The number of para-hydroxylation sites is 1. The summed E-state index contributed by atoms with van der Waals surface area (Å²) in [4.78, 5) is 5.23. The second-order valence-electron chi connectivity index (χ2n) is 8.22. The lowest BCUT2D eigenvalue weighted by Gasteiger charge is -2.26. The number of thioether (sulfide) groups is 1. The highest BCUT2D eigenvalue weighted by molar-refractivity contribution is 7.99. The van der Waals surface area contributed by atoms with Crippen molar-refractivity contribution < 1.29 is 9.47 Å². The molecule has 5 heteroatoms. The Bertz CT molecular complexity index is 1400. The molecular weight excluding hydrogens is 452 g/mol. The van der Waals surface area contributed by atoms with Gasteiger partial charge in [-0.25, -0.2) is 4.98 Å². The van der Waals surface area contributed by atoms with Crippen LogP contribution in [0.1, 0.15) is 5.56 Å². The Hall–Kier alpha value is -3.64. The Kier molecular flexibility index (Phi) is 5.96. The van der Waals surface area contributed by atoms with E-state index < -0.39 is 5.12 Å². The fourth-order valence-corrected chi connectivity index (χ4v) is 5.59. The predicted octanol–water partition coefficient (Wildman–Crippen LogP) is 7.16. The first-order valence-corrected chi connectivity index (χ1v) is 12.5. The number of ether oxygens (including phenoxy) is 2. The van der Waals surface area contributed by atoms with Crippen molar-refractivity contribution in [3.05, 3.63) is 127 Å². The number of benzene rings is 4. The molecule has 0 radical (unpaired) electrons. The molecule has 172 valence electrons. The van der Waals surface area contributed by atoms with Crippen LogP contribution < -0.4 is 0 Å². The smallest absolute Gasteiger partial charge is 0.253 e. The summed E-state index contributed by atoms with van der Waals surface area (Å²) in [6.07, 6.45) is 0. The van der Waals surface area contributed by atoms with Crippen molar-refractivity contribution in [3.63, 3.8) is 0 Å². The van der Waals surface area contributed by atoms with Gasteiger partial charge in [-0.05, 0) is 23.9 Å². The third kappa shape index (κ3) is 4.19. The van der Waals surface area contributed by atoms with E-state index in [4.69, 9.17) is 14.5 Å². The Morgan fingerprint density at radius 2 is 1.14 bits per heavy atom. The zero-order valence-electron chi connectivity index (χ0n) is 19.1. The Balaban J connectivity index is 1.60. The molecule has 6 rings (SSSR count). The molecule has 1 aliphatic rings. The molecule has 1 aliphatic heterocycles. The number of imidazole rings is 1. The Morgan fingerprint density at radius 3 is 1.74 bits per heavy atom. The summed E-state index contributed by atoms with van der Waals surface area (Å²) >= 11 is 1.50. The van der Waals surface area contributed by atoms with Crippen LogP contribution in [0, 0.1) is 0 Å². The molecule has 1 fully saturated rings. The zero-order chi connectivity index (χ0) is 23.5. The van der Waals surface area contributed by atoms with Gasteiger partial charge in [0.1, 0.15) is 0 Å². The second kappa shape index (κ2) is 9.55. The van der Waals surface area contributed by atoms with Gasteiger partial charge in [-0.1, -0.05) is 109 Å². The van der Waals surface area contributed by atoms with Crippen molar-refractivity contribution in [1.29, 1.82) is 0 Å². The van der Waals surface area contributed by atoms with Crippen molar-refractivity contribution in [3.8, 4) is 28.2 Å². The maximum absolute atomic E-state index is 6.27. The van der Waals surface area contributed by atoms with Crippen molar-refractivity contribution in [2.24, 2.45) is 0 Å². The van der Waals surface area contributed by atoms with Crippen molar-refractivity contribution >= 4 is 11.8 Å². The van der Waals surface area contributed by atoms with Crippen molar-refractivity contribution in [2.75, 3.05) is 13.2 Å². The number of rotatable bonds is 6. The van der Waals surface area contributed by atoms with Crippen LogP contribution in [-0.4, -0.2) is 22.8 Å². The average Bonchev–Trinajstić information content (AvgIpc) is 3.57. The van der Waals surface area contributed by atoms with Gasteiger partial charge in [0.25, 0.3) is 5.12 Å². The lowest BCUT2D eigenvalue weighted by atomic mass is 10.0. The molecule has 0 spiro atoms. The van der Waals surface area contributed by atoms with Gasteiger partial charge >= 0.3 is 0 Å². The van der Waals surface area contributed by atoms with Crippen molar-refractivity contribution in [1.82, 2.24) is 9.55 Å². The van der Waals surface area contributed by atoms with Gasteiger partial charge in [-0.2, -0.15) is 0 Å². The molecule has 5 aromatic rings. The molecule has 4 aromatic carbocycles. The van der Waals surface area contributed by atoms with Gasteiger partial charge in [0.05, 0.1) is 24.6 Å². The van der Waals surface area contributed by atoms with Crippen LogP contribution in [0.5, 0.6) is 0 Å². The van der Waals surface area contributed by atoms with Gasteiger partial charge in [0.2, 0.25) is 0 Å². The molecule has 0 unspecified atom stereocenters. The SMILES string of the molecule is c1ccc(-c2nc(SC3(c4ccccc4)OCCO3)n(-c3ccccc3)c2-c2ccccc2)cc1. The molecular formula is C30H24N2O2S. The first-order valence-electron chi connectivity index (χ1n) is 11.7. The monoisotopic (exact) mass is 476 g/mol. The highest BCUT2D eigenvalue weighted by Crippen LogP contribution is 2.48. The van der Waals surface area contributed by atoms with Gasteiger partial charge in [-0.3, -0.25) is 4.57 Å². The minimum atomic E-state index is -0.957. The van der Waals surface area contributed by atoms with Crippen LogP contribution in [0.3, 0.4) is 0 Å². The Morgan fingerprint density at radius 1 is 0.629 bits per heavy atom. The molecule has 4 nitrogen and oxygen atoms in total. The number of aromatic nitrogens is 2. The molecule has 0 amide bonds. The highest BCUT2D eigenvalue weighted by Gasteiger charge is 2.42. The van der Waals surface area contributed by atoms with E-state index in [0.29, 0.717) is 13.2 Å². The quantitative estimate of drug-likeness (QED) is 0.261. The molecule has 1 aromatic heterocycles. The summed E-state index contributed by atoms with van der Waals surface area (Å²) in [5.41, 5.74) is 6.11. The van der Waals surface area contributed by atoms with E-state index >= 15 is 0 Å². The van der Waals surface area contributed by atoms with Crippen LogP contribution in [0.2, 0.25) is 0 Å². The van der Waals surface area contributed by atoms with E-state index in [0.717, 1.165) is 38.9 Å². The zero-order valence-corrected chi connectivity index (χ0v) is 19.9. The van der Waals surface area contributed by atoms with E-state index in [1.807, 2.05) is 60.7 Å². The molecule has 2 heterocycles. The van der Waals surface area contributed by atoms with Gasteiger partial charge in [0, 0.05) is 22.4 Å².